The summed E-state index contributed by atoms with van der Waals surface area (Å²) in [6.07, 6.45) is 8.88. The Morgan fingerprint density at radius 2 is 0.783 bits per heavy atom. The summed E-state index contributed by atoms with van der Waals surface area (Å²) in [6, 6.07) is 53.9. The number of fused-ring (bicyclic) bond motifs is 12. The highest BCUT2D eigenvalue weighted by Gasteiger charge is 2.55. The molecule has 0 fully saturated rings. The first-order chi connectivity index (χ1) is 40.3. The third kappa shape index (κ3) is 9.63. The number of nitrogens with one attached hydrogen (secondary N) is 2. The number of benzene rings is 8. The Balaban J connectivity index is 0.798. The second-order valence-electron chi connectivity index (χ2n) is 23.5. The standard InChI is InChI=1S/C73H76N4O6/c1-9-13-37-76(38-14-10-2)53-33-35-59-67(43-53)80-65-41-47(5)63(45-61(65)72(59)57-23-19-17-21-55(57)69(78)82-72)74-51-29-25-49(26-30-51)71(7,8)50-27-31-52(32-28-50)75-64-46-62-66(42-48(64)6)81-68-44-54(77(39-15-11-3)40-16-12-4)34-36-60(68)73(62)58-24-20-18-22-56(58)70(79)83-73/h17-36,41-46,74-75H,9-16,37-40H2,1-8H3. The Labute approximate surface area is 489 Å². The monoisotopic (exact) mass is 1100 g/mol. The summed E-state index contributed by atoms with van der Waals surface area (Å²) in [5.74, 6) is 2.05. The van der Waals surface area contributed by atoms with Crippen LogP contribution in [0.2, 0.25) is 0 Å². The Morgan fingerprint density at radius 1 is 0.422 bits per heavy atom. The lowest BCUT2D eigenvalue weighted by atomic mass is 9.77. The molecule has 0 radical (unpaired) electrons. The van der Waals surface area contributed by atoms with Gasteiger partial charge in [-0.05, 0) is 147 Å². The molecule has 2 unspecified atom stereocenters. The molecule has 8 aromatic carbocycles. The van der Waals surface area contributed by atoms with E-state index in [1.165, 1.54) is 0 Å². The number of nitrogens with zero attached hydrogens (tertiary/aromatic N) is 2. The summed E-state index contributed by atoms with van der Waals surface area (Å²) >= 11 is 0. The van der Waals surface area contributed by atoms with Crippen molar-refractivity contribution in [1.82, 2.24) is 0 Å². The highest BCUT2D eigenvalue weighted by atomic mass is 16.6. The highest BCUT2D eigenvalue weighted by molar-refractivity contribution is 5.98. The third-order valence-corrected chi connectivity index (χ3v) is 17.7. The summed E-state index contributed by atoms with van der Waals surface area (Å²) in [5, 5.41) is 7.45. The largest absolute Gasteiger partial charge is 0.456 e. The van der Waals surface area contributed by atoms with E-state index in [0.717, 1.165) is 167 Å². The van der Waals surface area contributed by atoms with Gasteiger partial charge in [-0.3, -0.25) is 0 Å². The van der Waals surface area contributed by atoms with Crippen molar-refractivity contribution in [3.63, 3.8) is 0 Å². The molecule has 12 rings (SSSR count). The molecule has 4 aliphatic rings. The minimum absolute atomic E-state index is 0.333. The number of anilines is 6. The average molecular weight is 1110 g/mol. The van der Waals surface area contributed by atoms with E-state index in [0.29, 0.717) is 34.1 Å². The van der Waals surface area contributed by atoms with Gasteiger partial charge in [-0.2, -0.15) is 0 Å². The van der Waals surface area contributed by atoms with E-state index in [1.54, 1.807) is 0 Å². The Morgan fingerprint density at radius 3 is 1.16 bits per heavy atom. The van der Waals surface area contributed by atoms with Crippen molar-refractivity contribution in [2.75, 3.05) is 46.6 Å². The molecule has 0 aromatic heterocycles. The molecule has 0 saturated carbocycles. The van der Waals surface area contributed by atoms with Crippen LogP contribution in [0.25, 0.3) is 0 Å². The maximum Gasteiger partial charge on any atom is 0.340 e. The molecule has 4 heterocycles. The van der Waals surface area contributed by atoms with Crippen LogP contribution in [0.15, 0.2) is 158 Å². The topological polar surface area (TPSA) is 102 Å². The summed E-state index contributed by atoms with van der Waals surface area (Å²) in [7, 11) is 0. The van der Waals surface area contributed by atoms with Gasteiger partial charge < -0.3 is 39.4 Å². The molecule has 2 N–H and O–H groups in total. The maximum atomic E-state index is 13.8. The first kappa shape index (κ1) is 55.1. The lowest BCUT2D eigenvalue weighted by Crippen LogP contribution is -2.33. The number of hydrogen-bond acceptors (Lipinski definition) is 10. The number of carbonyl (C=O) groups excluding carboxylic acids is 2. The second-order valence-corrected chi connectivity index (χ2v) is 23.5. The number of unbranched alkanes of at least 4 members (excludes halogenated alkanes) is 4. The van der Waals surface area contributed by atoms with Crippen molar-refractivity contribution < 1.29 is 28.5 Å². The second kappa shape index (κ2) is 22.3. The fraction of sp³-hybridized carbons (Fsp3) is 0.315. The normalized spacial score (nSPS) is 16.8. The number of rotatable bonds is 20. The maximum absolute atomic E-state index is 13.8. The SMILES string of the molecule is CCCCN(CCCC)c1ccc2c(c1)Oc1cc(C)c(Nc3ccc(C(C)(C)c4ccc(Nc5cc6c(cc5C)Oc5cc(N(CCCC)CCCC)ccc5C65OC(=O)c6ccccc65)cc4)cc3)cc1C21OC(=O)c2ccccc21. The van der Waals surface area contributed by atoms with Gasteiger partial charge in [0.05, 0.1) is 11.1 Å². The van der Waals surface area contributed by atoms with Crippen molar-refractivity contribution >= 4 is 46.1 Å². The van der Waals surface area contributed by atoms with Gasteiger partial charge in [0.1, 0.15) is 23.0 Å². The number of esters is 2. The molecular formula is C73H76N4O6. The van der Waals surface area contributed by atoms with E-state index in [1.807, 2.05) is 48.5 Å². The van der Waals surface area contributed by atoms with Crippen molar-refractivity contribution in [3.05, 3.63) is 224 Å². The predicted molar refractivity (Wildman–Crippen MR) is 335 cm³/mol. The molecule has 0 saturated heterocycles. The van der Waals surface area contributed by atoms with Crippen LogP contribution in [0.5, 0.6) is 23.0 Å². The van der Waals surface area contributed by atoms with E-state index in [9.17, 15) is 9.59 Å². The van der Waals surface area contributed by atoms with Gasteiger partial charge in [0.25, 0.3) is 0 Å². The van der Waals surface area contributed by atoms with Crippen LogP contribution in [0.4, 0.5) is 34.1 Å². The van der Waals surface area contributed by atoms with Gasteiger partial charge in [-0.1, -0.05) is 128 Å². The van der Waals surface area contributed by atoms with Crippen molar-refractivity contribution in [1.29, 1.82) is 0 Å². The molecule has 4 aliphatic heterocycles. The van der Waals surface area contributed by atoms with Crippen LogP contribution >= 0.6 is 0 Å². The summed E-state index contributed by atoms with van der Waals surface area (Å²) in [4.78, 5) is 32.6. The van der Waals surface area contributed by atoms with Crippen LogP contribution < -0.4 is 29.9 Å². The van der Waals surface area contributed by atoms with E-state index in [2.05, 4.69) is 185 Å². The molecule has 0 bridgehead atoms. The van der Waals surface area contributed by atoms with Crippen molar-refractivity contribution in [2.24, 2.45) is 0 Å². The fourth-order valence-corrected chi connectivity index (χ4v) is 12.8. The molecule has 0 amide bonds. The van der Waals surface area contributed by atoms with Crippen LogP contribution in [0, 0.1) is 13.8 Å². The molecule has 10 heteroatoms. The number of carbonyl (C=O) groups is 2. The van der Waals surface area contributed by atoms with Crippen LogP contribution in [-0.2, 0) is 26.1 Å². The summed E-state index contributed by atoms with van der Waals surface area (Å²) in [6.45, 7) is 21.5. The van der Waals surface area contributed by atoms with E-state index >= 15 is 0 Å². The van der Waals surface area contributed by atoms with Gasteiger partial charge in [0, 0.05) is 111 Å². The third-order valence-electron chi connectivity index (χ3n) is 17.7. The zero-order valence-corrected chi connectivity index (χ0v) is 49.3. The number of hydrogen-bond donors (Lipinski definition) is 2. The Kier molecular flexibility index (Phi) is 14.8. The van der Waals surface area contributed by atoms with Gasteiger partial charge in [-0.25, -0.2) is 9.59 Å². The van der Waals surface area contributed by atoms with Gasteiger partial charge in [-0.15, -0.1) is 0 Å². The molecule has 2 atom stereocenters. The van der Waals surface area contributed by atoms with E-state index in [-0.39, 0.29) is 17.4 Å². The quantitative estimate of drug-likeness (QED) is 0.0718. The fourth-order valence-electron chi connectivity index (χ4n) is 12.8. The Bertz CT molecular complexity index is 3520. The van der Waals surface area contributed by atoms with Gasteiger partial charge >= 0.3 is 11.9 Å². The zero-order chi connectivity index (χ0) is 57.6. The molecule has 0 aliphatic carbocycles. The van der Waals surface area contributed by atoms with Gasteiger partial charge in [0.2, 0.25) is 0 Å². The number of aryl methyl sites for hydroxylation is 2. The van der Waals surface area contributed by atoms with E-state index in [4.69, 9.17) is 18.9 Å². The minimum atomic E-state index is -1.19. The first-order valence-corrected chi connectivity index (χ1v) is 30.2. The van der Waals surface area contributed by atoms with Gasteiger partial charge in [0.15, 0.2) is 11.2 Å². The van der Waals surface area contributed by atoms with Crippen molar-refractivity contribution in [3.8, 4) is 23.0 Å². The average Bonchev–Trinajstić information content (AvgIpc) is 2.09. The molecule has 83 heavy (non-hydrogen) atoms. The molecular weight excluding hydrogens is 1030 g/mol. The number of ether oxygens (including phenoxy) is 4. The molecule has 8 aromatic rings. The lowest BCUT2D eigenvalue weighted by Gasteiger charge is -2.38. The predicted octanol–water partition coefficient (Wildman–Crippen LogP) is 18.1. The highest BCUT2D eigenvalue weighted by Crippen LogP contribution is 2.59. The van der Waals surface area contributed by atoms with Crippen LogP contribution in [0.3, 0.4) is 0 Å². The van der Waals surface area contributed by atoms with Crippen LogP contribution in [0.1, 0.15) is 169 Å². The lowest BCUT2D eigenvalue weighted by molar-refractivity contribution is 0.0214. The molecule has 10 nitrogen and oxygen atoms in total. The smallest absolute Gasteiger partial charge is 0.340 e. The van der Waals surface area contributed by atoms with Crippen LogP contribution in [-0.4, -0.2) is 38.1 Å². The zero-order valence-electron chi connectivity index (χ0n) is 49.3. The molecule has 2 spiro atoms. The minimum Gasteiger partial charge on any atom is -0.456 e. The molecule has 424 valence electrons. The summed E-state index contributed by atoms with van der Waals surface area (Å²) in [5.41, 5.74) is 13.4. The van der Waals surface area contributed by atoms with E-state index < -0.39 is 11.2 Å². The van der Waals surface area contributed by atoms with Crippen molar-refractivity contribution in [2.45, 2.75) is 123 Å². The Hall–Kier alpha value is -8.50. The first-order valence-electron chi connectivity index (χ1n) is 30.2. The summed E-state index contributed by atoms with van der Waals surface area (Å²) < 4.78 is 27.0.